The molecule has 134 valence electrons. The number of carbonyl (C=O) groups excluding carboxylic acids is 2. The van der Waals surface area contributed by atoms with E-state index in [9.17, 15) is 9.59 Å². The molecule has 2 aromatic rings. The Morgan fingerprint density at radius 2 is 1.62 bits per heavy atom. The second-order valence-corrected chi connectivity index (χ2v) is 8.29. The second kappa shape index (κ2) is 7.08. The minimum absolute atomic E-state index is 0.0740. The number of hydrogen-bond donors (Lipinski definition) is 1. The predicted octanol–water partition coefficient (Wildman–Crippen LogP) is 4.84. The number of rotatable bonds is 3. The minimum atomic E-state index is -0.393. The average Bonchev–Trinajstić information content (AvgIpc) is 2.84. The van der Waals surface area contributed by atoms with Crippen molar-refractivity contribution in [3.63, 3.8) is 0 Å². The maximum Gasteiger partial charge on any atom is 0.329 e. The van der Waals surface area contributed by atoms with Crippen LogP contribution in [0.2, 0.25) is 0 Å². The SMILES string of the molecule is CC(C)(C)c1ccc(/C=C2/NC(=O)N(Cc3ccc(Br)cc3)C2=O)cc1. The Kier molecular flexibility index (Phi) is 5.01. The number of imide groups is 1. The van der Waals surface area contributed by atoms with E-state index in [1.807, 2.05) is 48.5 Å². The van der Waals surface area contributed by atoms with Crippen LogP contribution in [0.4, 0.5) is 4.79 Å². The molecule has 1 aliphatic rings. The summed E-state index contributed by atoms with van der Waals surface area (Å²) in [7, 11) is 0. The van der Waals surface area contributed by atoms with Gasteiger partial charge in [-0.3, -0.25) is 9.69 Å². The maximum absolute atomic E-state index is 12.6. The number of nitrogens with zero attached hydrogens (tertiary/aromatic N) is 1. The Hall–Kier alpha value is -2.40. The molecule has 3 amide bonds. The van der Waals surface area contributed by atoms with Crippen molar-refractivity contribution >= 4 is 33.9 Å². The summed E-state index contributed by atoms with van der Waals surface area (Å²) >= 11 is 3.38. The van der Waals surface area contributed by atoms with E-state index in [0.29, 0.717) is 5.70 Å². The van der Waals surface area contributed by atoms with Gasteiger partial charge in [-0.25, -0.2) is 4.79 Å². The van der Waals surface area contributed by atoms with Crippen molar-refractivity contribution in [3.8, 4) is 0 Å². The van der Waals surface area contributed by atoms with Gasteiger partial charge in [0, 0.05) is 4.47 Å². The van der Waals surface area contributed by atoms with Crippen molar-refractivity contribution < 1.29 is 9.59 Å². The third-order valence-electron chi connectivity index (χ3n) is 4.30. The highest BCUT2D eigenvalue weighted by atomic mass is 79.9. The molecule has 1 N–H and O–H groups in total. The maximum atomic E-state index is 12.6. The molecule has 1 aliphatic heterocycles. The first-order valence-electron chi connectivity index (χ1n) is 8.43. The molecule has 0 radical (unpaired) electrons. The number of hydrogen-bond acceptors (Lipinski definition) is 2. The van der Waals surface area contributed by atoms with Crippen molar-refractivity contribution in [1.82, 2.24) is 10.2 Å². The molecule has 1 fully saturated rings. The second-order valence-electron chi connectivity index (χ2n) is 7.38. The average molecular weight is 413 g/mol. The van der Waals surface area contributed by atoms with Crippen LogP contribution in [0.25, 0.3) is 6.08 Å². The Morgan fingerprint density at radius 1 is 1.00 bits per heavy atom. The van der Waals surface area contributed by atoms with E-state index in [1.54, 1.807) is 6.08 Å². The molecular formula is C21H21BrN2O2. The van der Waals surface area contributed by atoms with Crippen molar-refractivity contribution in [1.29, 1.82) is 0 Å². The van der Waals surface area contributed by atoms with E-state index in [1.165, 1.54) is 10.5 Å². The number of halogens is 1. The van der Waals surface area contributed by atoms with Gasteiger partial charge >= 0.3 is 6.03 Å². The summed E-state index contributed by atoms with van der Waals surface area (Å²) in [6.45, 7) is 6.71. The summed E-state index contributed by atoms with van der Waals surface area (Å²) in [5.41, 5.74) is 3.37. The molecule has 4 nitrogen and oxygen atoms in total. The highest BCUT2D eigenvalue weighted by molar-refractivity contribution is 9.10. The summed E-state index contributed by atoms with van der Waals surface area (Å²) in [6, 6.07) is 15.2. The molecular weight excluding hydrogens is 392 g/mol. The lowest BCUT2D eigenvalue weighted by Crippen LogP contribution is -2.30. The molecule has 5 heteroatoms. The molecule has 26 heavy (non-hydrogen) atoms. The number of benzene rings is 2. The summed E-state index contributed by atoms with van der Waals surface area (Å²) in [5.74, 6) is -0.308. The van der Waals surface area contributed by atoms with Gasteiger partial charge in [-0.2, -0.15) is 0 Å². The van der Waals surface area contributed by atoms with E-state index in [4.69, 9.17) is 0 Å². The summed E-state index contributed by atoms with van der Waals surface area (Å²) < 4.78 is 0.956. The van der Waals surface area contributed by atoms with Crippen LogP contribution in [0.1, 0.15) is 37.5 Å². The quantitative estimate of drug-likeness (QED) is 0.578. The Balaban J connectivity index is 1.77. The molecule has 0 spiro atoms. The predicted molar refractivity (Wildman–Crippen MR) is 106 cm³/mol. The molecule has 0 atom stereocenters. The summed E-state index contributed by atoms with van der Waals surface area (Å²) in [6.07, 6.45) is 1.72. The van der Waals surface area contributed by atoms with Crippen LogP contribution in [-0.2, 0) is 16.8 Å². The number of nitrogens with one attached hydrogen (secondary N) is 1. The van der Waals surface area contributed by atoms with Crippen LogP contribution >= 0.6 is 15.9 Å². The van der Waals surface area contributed by atoms with Gasteiger partial charge < -0.3 is 5.32 Å². The van der Waals surface area contributed by atoms with Gasteiger partial charge in [0.2, 0.25) is 0 Å². The van der Waals surface area contributed by atoms with Crippen LogP contribution in [-0.4, -0.2) is 16.8 Å². The standard InChI is InChI=1S/C21H21BrN2O2/c1-21(2,3)16-8-4-14(5-9-16)12-18-19(25)24(20(26)23-18)13-15-6-10-17(22)11-7-15/h4-12H,13H2,1-3H3,(H,23,26)/b18-12+. The zero-order chi connectivity index (χ0) is 18.9. The largest absolute Gasteiger partial charge is 0.329 e. The van der Waals surface area contributed by atoms with Crippen molar-refractivity contribution in [2.75, 3.05) is 0 Å². The van der Waals surface area contributed by atoms with Crippen molar-refractivity contribution in [2.24, 2.45) is 0 Å². The van der Waals surface area contributed by atoms with E-state index in [2.05, 4.69) is 42.0 Å². The first kappa shape index (κ1) is 18.4. The van der Waals surface area contributed by atoms with Crippen LogP contribution in [0.3, 0.4) is 0 Å². The summed E-state index contributed by atoms with van der Waals surface area (Å²) in [4.78, 5) is 26.0. The normalized spacial score (nSPS) is 16.3. The molecule has 0 aliphatic carbocycles. The molecule has 2 aromatic carbocycles. The molecule has 1 heterocycles. The first-order chi connectivity index (χ1) is 12.2. The molecule has 0 saturated carbocycles. The Bertz CT molecular complexity index is 862. The Labute approximate surface area is 162 Å². The molecule has 0 unspecified atom stereocenters. The molecule has 3 rings (SSSR count). The van der Waals surface area contributed by atoms with Gasteiger partial charge in [-0.05, 0) is 40.3 Å². The van der Waals surface area contributed by atoms with Gasteiger partial charge in [0.1, 0.15) is 5.70 Å². The number of carbonyl (C=O) groups is 2. The lowest BCUT2D eigenvalue weighted by Gasteiger charge is -2.18. The third-order valence-corrected chi connectivity index (χ3v) is 4.83. The molecule has 0 aromatic heterocycles. The lowest BCUT2D eigenvalue weighted by molar-refractivity contribution is -0.123. The summed E-state index contributed by atoms with van der Waals surface area (Å²) in [5, 5.41) is 2.67. The highest BCUT2D eigenvalue weighted by Gasteiger charge is 2.33. The van der Waals surface area contributed by atoms with E-state index < -0.39 is 6.03 Å². The van der Waals surface area contributed by atoms with Gasteiger partial charge in [-0.15, -0.1) is 0 Å². The zero-order valence-corrected chi connectivity index (χ0v) is 16.6. The lowest BCUT2D eigenvalue weighted by atomic mass is 9.87. The minimum Gasteiger partial charge on any atom is -0.303 e. The van der Waals surface area contributed by atoms with Crippen LogP contribution < -0.4 is 5.32 Å². The fourth-order valence-corrected chi connectivity index (χ4v) is 3.00. The zero-order valence-electron chi connectivity index (χ0n) is 15.0. The van der Waals surface area contributed by atoms with Crippen molar-refractivity contribution in [3.05, 3.63) is 75.4 Å². The van der Waals surface area contributed by atoms with Crippen molar-refractivity contribution in [2.45, 2.75) is 32.7 Å². The topological polar surface area (TPSA) is 49.4 Å². The fraction of sp³-hybridized carbons (Fsp3) is 0.238. The number of urea groups is 1. The van der Waals surface area contributed by atoms with Crippen LogP contribution in [0.15, 0.2) is 58.7 Å². The smallest absolute Gasteiger partial charge is 0.303 e. The third kappa shape index (κ3) is 4.05. The monoisotopic (exact) mass is 412 g/mol. The highest BCUT2D eigenvalue weighted by Crippen LogP contribution is 2.23. The van der Waals surface area contributed by atoms with E-state index >= 15 is 0 Å². The van der Waals surface area contributed by atoms with Gasteiger partial charge in [-0.1, -0.05) is 73.1 Å². The Morgan fingerprint density at radius 3 is 2.19 bits per heavy atom. The van der Waals surface area contributed by atoms with Crippen LogP contribution in [0.5, 0.6) is 0 Å². The number of amides is 3. The van der Waals surface area contributed by atoms with Gasteiger partial charge in [0.05, 0.1) is 6.54 Å². The van der Waals surface area contributed by atoms with Crippen LogP contribution in [0, 0.1) is 0 Å². The fourth-order valence-electron chi connectivity index (χ4n) is 2.73. The molecule has 1 saturated heterocycles. The van der Waals surface area contributed by atoms with Gasteiger partial charge in [0.15, 0.2) is 0 Å². The van der Waals surface area contributed by atoms with E-state index in [0.717, 1.165) is 15.6 Å². The van der Waals surface area contributed by atoms with Gasteiger partial charge in [0.25, 0.3) is 5.91 Å². The molecule has 0 bridgehead atoms. The van der Waals surface area contributed by atoms with E-state index in [-0.39, 0.29) is 17.9 Å². The first-order valence-corrected chi connectivity index (χ1v) is 9.23.